The molecule has 0 bridgehead atoms. The predicted octanol–water partition coefficient (Wildman–Crippen LogP) is 1.55. The Morgan fingerprint density at radius 3 is 2.62 bits per heavy atom. The summed E-state index contributed by atoms with van der Waals surface area (Å²) in [5, 5.41) is 0. The van der Waals surface area contributed by atoms with Crippen molar-refractivity contribution in [3.8, 4) is 0 Å². The molecule has 0 rings (SSSR count). The Morgan fingerprint density at radius 1 is 1.62 bits per heavy atom. The maximum Gasteiger partial charge on any atom is 0.00672 e. The maximum atomic E-state index is 3.87. The van der Waals surface area contributed by atoms with E-state index in [4.69, 9.17) is 0 Å². The highest BCUT2D eigenvalue weighted by molar-refractivity contribution is 6.11. The summed E-state index contributed by atoms with van der Waals surface area (Å²) in [6.07, 6.45) is 5.33. The molecule has 1 atom stereocenters. The number of rotatable bonds is 4. The average Bonchev–Trinajstić information content (AvgIpc) is 1.83. The van der Waals surface area contributed by atoms with Crippen LogP contribution in [0.5, 0.6) is 0 Å². The van der Waals surface area contributed by atoms with Crippen molar-refractivity contribution in [2.75, 3.05) is 0 Å². The highest BCUT2D eigenvalue weighted by Gasteiger charge is 1.94. The second-order valence-corrected chi connectivity index (χ2v) is 4.17. The van der Waals surface area contributed by atoms with Gasteiger partial charge in [-0.3, -0.25) is 0 Å². The van der Waals surface area contributed by atoms with Crippen molar-refractivity contribution in [3.63, 3.8) is 0 Å². The van der Waals surface area contributed by atoms with E-state index in [1.807, 2.05) is 0 Å². The summed E-state index contributed by atoms with van der Waals surface area (Å²) < 4.78 is 0. The summed E-state index contributed by atoms with van der Waals surface area (Å²) >= 11 is 0. The first-order chi connectivity index (χ1) is 3.81. The third-order valence-electron chi connectivity index (χ3n) is 1.54. The fourth-order valence-electron chi connectivity index (χ4n) is 0.697. The predicted molar refractivity (Wildman–Crippen MR) is 43.2 cm³/mol. The van der Waals surface area contributed by atoms with E-state index in [0.717, 1.165) is 12.0 Å². The van der Waals surface area contributed by atoms with Gasteiger partial charge in [0.25, 0.3) is 0 Å². The highest BCUT2D eigenvalue weighted by atomic mass is 28.1. The van der Waals surface area contributed by atoms with Gasteiger partial charge in [0.1, 0.15) is 0 Å². The Hall–Kier alpha value is 0.217. The first-order valence-corrected chi connectivity index (χ1v) is 4.76. The van der Waals surface area contributed by atoms with Gasteiger partial charge in [-0.25, -0.2) is 0 Å². The molecule has 0 spiro atoms. The smallest absolute Gasteiger partial charge is 0.00672 e. The molecule has 0 fully saturated rings. The molecule has 0 aromatic heterocycles. The lowest BCUT2D eigenvalue weighted by Gasteiger charge is -2.04. The van der Waals surface area contributed by atoms with Gasteiger partial charge < -0.3 is 0 Å². The Labute approximate surface area is 56.1 Å². The zero-order valence-corrected chi connectivity index (χ0v) is 8.11. The Bertz CT molecular complexity index is 43.7. The summed E-state index contributed by atoms with van der Waals surface area (Å²) in [4.78, 5) is 0. The molecule has 0 saturated carbocycles. The van der Waals surface area contributed by atoms with E-state index >= 15 is 0 Å². The molecule has 0 amide bonds. The van der Waals surface area contributed by atoms with Crippen LogP contribution in [0, 0.1) is 6.92 Å². The van der Waals surface area contributed by atoms with Crippen LogP contribution in [0.15, 0.2) is 0 Å². The van der Waals surface area contributed by atoms with Gasteiger partial charge in [0.05, 0.1) is 0 Å². The van der Waals surface area contributed by atoms with E-state index in [1.165, 1.54) is 29.5 Å². The van der Waals surface area contributed by atoms with Crippen molar-refractivity contribution < 1.29 is 0 Å². The van der Waals surface area contributed by atoms with Crippen molar-refractivity contribution in [2.24, 2.45) is 0 Å². The summed E-state index contributed by atoms with van der Waals surface area (Å²) in [6.45, 7) is 6.12. The Kier molecular flexibility index (Phi) is 5.50. The van der Waals surface area contributed by atoms with Crippen LogP contribution < -0.4 is 0 Å². The highest BCUT2D eigenvalue weighted by Crippen LogP contribution is 2.12. The second-order valence-electron chi connectivity index (χ2n) is 2.54. The lowest BCUT2D eigenvalue weighted by molar-refractivity contribution is 0.672. The normalized spacial score (nSPS) is 14.2. The largest absolute Gasteiger partial charge is 0.0654 e. The topological polar surface area (TPSA) is 0 Å². The minimum Gasteiger partial charge on any atom is -0.0654 e. The van der Waals surface area contributed by atoms with E-state index in [2.05, 4.69) is 13.8 Å². The lowest BCUT2D eigenvalue weighted by Crippen LogP contribution is -1.88. The van der Waals surface area contributed by atoms with Gasteiger partial charge in [0, 0.05) is 10.2 Å². The summed E-state index contributed by atoms with van der Waals surface area (Å²) in [5.41, 5.74) is 0.981. The van der Waals surface area contributed by atoms with Crippen molar-refractivity contribution in [1.82, 2.24) is 0 Å². The van der Waals surface area contributed by atoms with Crippen LogP contribution in [0.4, 0.5) is 0 Å². The Balaban J connectivity index is 2.86. The van der Waals surface area contributed by atoms with Gasteiger partial charge in [0.15, 0.2) is 0 Å². The first kappa shape index (κ1) is 8.22. The molecule has 0 N–H and O–H groups in total. The summed E-state index contributed by atoms with van der Waals surface area (Å²) in [5.74, 6) is 0. The van der Waals surface area contributed by atoms with Crippen LogP contribution in [0.3, 0.4) is 0 Å². The molecule has 8 heavy (non-hydrogen) atoms. The molecule has 0 aromatic carbocycles. The number of unbranched alkanes of at least 4 members (excludes halogenated alkanes) is 1. The molecular weight excluding hydrogens is 112 g/mol. The molecule has 0 heterocycles. The van der Waals surface area contributed by atoms with Crippen molar-refractivity contribution in [2.45, 2.75) is 38.1 Å². The third-order valence-corrected chi connectivity index (χ3v) is 2.70. The lowest BCUT2D eigenvalue weighted by atomic mass is 10.2. The SMILES string of the molecule is [CH2]CC([SiH3])CCCC. The van der Waals surface area contributed by atoms with Crippen LogP contribution in [0.25, 0.3) is 0 Å². The second kappa shape index (κ2) is 5.36. The van der Waals surface area contributed by atoms with E-state index in [9.17, 15) is 0 Å². The number of hydrogen-bond donors (Lipinski definition) is 0. The monoisotopic (exact) mass is 129 g/mol. The van der Waals surface area contributed by atoms with Gasteiger partial charge >= 0.3 is 0 Å². The van der Waals surface area contributed by atoms with Gasteiger partial charge in [-0.15, -0.1) is 0 Å². The molecule has 0 saturated heterocycles. The third kappa shape index (κ3) is 4.38. The molecule has 0 aliphatic rings. The summed E-state index contributed by atoms with van der Waals surface area (Å²) in [6, 6.07) is 0. The minimum absolute atomic E-state index is 0.981. The fraction of sp³-hybridized carbons (Fsp3) is 0.857. The maximum absolute atomic E-state index is 3.87. The average molecular weight is 129 g/mol. The minimum atomic E-state index is 0.981. The quantitative estimate of drug-likeness (QED) is 0.505. The molecule has 0 aliphatic carbocycles. The van der Waals surface area contributed by atoms with E-state index in [-0.39, 0.29) is 0 Å². The zero-order chi connectivity index (χ0) is 6.41. The molecule has 1 radical (unpaired) electrons. The van der Waals surface area contributed by atoms with Crippen LogP contribution in [0.1, 0.15) is 32.6 Å². The van der Waals surface area contributed by atoms with E-state index < -0.39 is 0 Å². The van der Waals surface area contributed by atoms with Gasteiger partial charge in [-0.05, 0) is 0 Å². The molecule has 49 valence electrons. The van der Waals surface area contributed by atoms with Crippen molar-refractivity contribution in [1.29, 1.82) is 0 Å². The molecule has 1 heteroatoms. The molecule has 0 aliphatic heterocycles. The molecule has 0 aromatic rings. The van der Waals surface area contributed by atoms with Crippen molar-refractivity contribution >= 4 is 10.2 Å². The first-order valence-electron chi connectivity index (χ1n) is 3.60. The Morgan fingerprint density at radius 2 is 2.25 bits per heavy atom. The van der Waals surface area contributed by atoms with Crippen LogP contribution in [-0.2, 0) is 0 Å². The number of hydrogen-bond acceptors (Lipinski definition) is 0. The summed E-state index contributed by atoms with van der Waals surface area (Å²) in [7, 11) is 1.34. The van der Waals surface area contributed by atoms with Gasteiger partial charge in [-0.2, -0.15) is 0 Å². The molecule has 1 unspecified atom stereocenters. The van der Waals surface area contributed by atoms with E-state index in [1.54, 1.807) is 0 Å². The standard InChI is InChI=1S/C7H17Si/c1-3-5-6-7(8)4-2/h7H,2-6H2,1,8H3. The van der Waals surface area contributed by atoms with Crippen LogP contribution >= 0.6 is 0 Å². The van der Waals surface area contributed by atoms with E-state index in [0.29, 0.717) is 0 Å². The fourth-order valence-corrected chi connectivity index (χ4v) is 1.11. The molecular formula is C7H17Si. The van der Waals surface area contributed by atoms with Crippen molar-refractivity contribution in [3.05, 3.63) is 6.92 Å². The van der Waals surface area contributed by atoms with Gasteiger partial charge in [-0.1, -0.05) is 45.1 Å². The van der Waals surface area contributed by atoms with Crippen LogP contribution in [-0.4, -0.2) is 10.2 Å². The van der Waals surface area contributed by atoms with Gasteiger partial charge in [0.2, 0.25) is 0 Å². The van der Waals surface area contributed by atoms with Crippen LogP contribution in [0.2, 0.25) is 5.54 Å². The molecule has 0 nitrogen and oxygen atoms in total. The zero-order valence-electron chi connectivity index (χ0n) is 6.11.